The Balaban J connectivity index is 2.03. The van der Waals surface area contributed by atoms with E-state index >= 15 is 0 Å². The van der Waals surface area contributed by atoms with Gasteiger partial charge < -0.3 is 15.4 Å². The molecule has 1 aromatic heterocycles. The number of hydrogen-bond donors (Lipinski definition) is 3. The first kappa shape index (κ1) is 17.1. The minimum atomic E-state index is -0.386. The van der Waals surface area contributed by atoms with E-state index in [4.69, 9.17) is 16.3 Å². The van der Waals surface area contributed by atoms with Gasteiger partial charge in [-0.2, -0.15) is 5.10 Å². The van der Waals surface area contributed by atoms with Crippen LogP contribution in [0.4, 0.5) is 10.5 Å². The number of hydrogen-bond acceptors (Lipinski definition) is 4. The van der Waals surface area contributed by atoms with Crippen LogP contribution in [0.1, 0.15) is 38.0 Å². The minimum Gasteiger partial charge on any atom is -0.490 e. The molecule has 0 radical (unpaired) electrons. The van der Waals surface area contributed by atoms with E-state index in [1.54, 1.807) is 32.0 Å². The lowest BCUT2D eigenvalue weighted by Gasteiger charge is -2.15. The Hall–Kier alpha value is -2.28. The van der Waals surface area contributed by atoms with E-state index in [9.17, 15) is 4.79 Å². The van der Waals surface area contributed by atoms with Gasteiger partial charge in [-0.25, -0.2) is 9.78 Å². The molecule has 124 valence electrons. The van der Waals surface area contributed by atoms with Crippen LogP contribution < -0.4 is 15.4 Å². The first-order chi connectivity index (χ1) is 11.0. The van der Waals surface area contributed by atoms with Crippen molar-refractivity contribution in [3.63, 3.8) is 0 Å². The lowest BCUT2D eigenvalue weighted by Crippen LogP contribution is -2.31. The zero-order valence-corrected chi connectivity index (χ0v) is 14.1. The van der Waals surface area contributed by atoms with Gasteiger partial charge in [-0.05, 0) is 32.4 Å². The molecule has 0 saturated heterocycles. The van der Waals surface area contributed by atoms with Crippen molar-refractivity contribution < 1.29 is 9.53 Å². The van der Waals surface area contributed by atoms with Gasteiger partial charge in [0.15, 0.2) is 11.6 Å². The highest BCUT2D eigenvalue weighted by Gasteiger charge is 2.16. The highest BCUT2D eigenvalue weighted by molar-refractivity contribution is 6.32. The lowest BCUT2D eigenvalue weighted by atomic mass is 10.3. The van der Waals surface area contributed by atoms with E-state index in [-0.39, 0.29) is 12.1 Å². The number of aryl methyl sites for hydroxylation is 1. The molecule has 8 heteroatoms. The number of para-hydroxylation sites is 1. The van der Waals surface area contributed by atoms with Crippen LogP contribution in [0.2, 0.25) is 5.02 Å². The van der Waals surface area contributed by atoms with Gasteiger partial charge >= 0.3 is 6.03 Å². The van der Waals surface area contributed by atoms with E-state index in [0.29, 0.717) is 34.7 Å². The summed E-state index contributed by atoms with van der Waals surface area (Å²) in [5, 5.41) is 12.7. The highest BCUT2D eigenvalue weighted by Crippen LogP contribution is 2.33. The second kappa shape index (κ2) is 7.82. The monoisotopic (exact) mass is 337 g/mol. The molecule has 1 atom stereocenters. The summed E-state index contributed by atoms with van der Waals surface area (Å²) in [6, 6.07) is 4.48. The number of aromatic amines is 1. The summed E-state index contributed by atoms with van der Waals surface area (Å²) in [4.78, 5) is 16.3. The molecule has 2 aromatic rings. The van der Waals surface area contributed by atoms with E-state index in [1.165, 1.54) is 0 Å². The number of halogens is 1. The number of benzene rings is 1. The molecule has 0 unspecified atom stereocenters. The first-order valence-electron chi connectivity index (χ1n) is 7.39. The Bertz CT molecular complexity index is 674. The van der Waals surface area contributed by atoms with E-state index < -0.39 is 0 Å². The van der Waals surface area contributed by atoms with Gasteiger partial charge in [0.25, 0.3) is 0 Å². The third kappa shape index (κ3) is 4.59. The molecule has 23 heavy (non-hydrogen) atoms. The van der Waals surface area contributed by atoms with Crippen LogP contribution in [0.25, 0.3) is 0 Å². The van der Waals surface area contributed by atoms with Crippen LogP contribution in [-0.4, -0.2) is 27.8 Å². The van der Waals surface area contributed by atoms with Crippen LogP contribution in [0.5, 0.6) is 5.75 Å². The molecule has 3 N–H and O–H groups in total. The number of nitrogens with zero attached hydrogens (tertiary/aromatic N) is 2. The summed E-state index contributed by atoms with van der Waals surface area (Å²) < 4.78 is 5.61. The second-order valence-corrected chi connectivity index (χ2v) is 5.47. The fraction of sp³-hybridized carbons (Fsp3) is 0.400. The molecule has 0 aliphatic heterocycles. The van der Waals surface area contributed by atoms with Crippen LogP contribution >= 0.6 is 11.6 Å². The second-order valence-electron chi connectivity index (χ2n) is 5.06. The first-order valence-corrected chi connectivity index (χ1v) is 7.76. The number of aromatic nitrogens is 3. The van der Waals surface area contributed by atoms with Crippen molar-refractivity contribution in [2.75, 3.05) is 11.9 Å². The molecule has 0 saturated carbocycles. The Kier molecular flexibility index (Phi) is 5.81. The predicted molar refractivity (Wildman–Crippen MR) is 88.9 cm³/mol. The van der Waals surface area contributed by atoms with Gasteiger partial charge in [-0.1, -0.05) is 24.6 Å². The van der Waals surface area contributed by atoms with Gasteiger partial charge in [0.05, 0.1) is 23.4 Å². The van der Waals surface area contributed by atoms with Crippen molar-refractivity contribution in [1.29, 1.82) is 0 Å². The molecule has 1 aromatic carbocycles. The van der Waals surface area contributed by atoms with Gasteiger partial charge in [0.2, 0.25) is 0 Å². The topological polar surface area (TPSA) is 91.9 Å². The van der Waals surface area contributed by atoms with Gasteiger partial charge in [0, 0.05) is 0 Å². The molecule has 2 amide bonds. The SMILES string of the molecule is CCCOc1c(Cl)cccc1NC(=O)N[C@@H](C)c1n[nH]c(C)n1. The maximum absolute atomic E-state index is 12.2. The molecule has 0 spiro atoms. The normalized spacial score (nSPS) is 11.8. The number of ether oxygens (including phenoxy) is 1. The Morgan fingerprint density at radius 1 is 1.48 bits per heavy atom. The average molecular weight is 338 g/mol. The van der Waals surface area contributed by atoms with Crippen molar-refractivity contribution in [1.82, 2.24) is 20.5 Å². The van der Waals surface area contributed by atoms with Gasteiger partial charge in [-0.3, -0.25) is 5.10 Å². The Morgan fingerprint density at radius 2 is 2.26 bits per heavy atom. The highest BCUT2D eigenvalue weighted by atomic mass is 35.5. The molecule has 0 fully saturated rings. The van der Waals surface area contributed by atoms with Crippen LogP contribution in [0.3, 0.4) is 0 Å². The Morgan fingerprint density at radius 3 is 2.91 bits per heavy atom. The molecular formula is C15H20ClN5O2. The maximum Gasteiger partial charge on any atom is 0.319 e. The Labute approximate surface area is 139 Å². The molecule has 2 rings (SSSR count). The summed E-state index contributed by atoms with van der Waals surface area (Å²) in [7, 11) is 0. The molecule has 0 bridgehead atoms. The third-order valence-electron chi connectivity index (χ3n) is 3.02. The van der Waals surface area contributed by atoms with Crippen molar-refractivity contribution >= 4 is 23.3 Å². The van der Waals surface area contributed by atoms with Crippen molar-refractivity contribution in [3.8, 4) is 5.75 Å². The molecular weight excluding hydrogens is 318 g/mol. The van der Waals surface area contributed by atoms with Crippen molar-refractivity contribution in [3.05, 3.63) is 34.9 Å². The largest absolute Gasteiger partial charge is 0.490 e. The lowest BCUT2D eigenvalue weighted by molar-refractivity contribution is 0.248. The number of nitrogens with one attached hydrogen (secondary N) is 3. The van der Waals surface area contributed by atoms with Gasteiger partial charge in [0.1, 0.15) is 5.82 Å². The number of urea groups is 1. The van der Waals surface area contributed by atoms with E-state index in [2.05, 4.69) is 25.8 Å². The minimum absolute atomic E-state index is 0.334. The van der Waals surface area contributed by atoms with Crippen LogP contribution in [-0.2, 0) is 0 Å². The summed E-state index contributed by atoms with van der Waals surface area (Å²) in [5.41, 5.74) is 0.516. The number of carbonyl (C=O) groups is 1. The molecule has 0 aliphatic rings. The van der Waals surface area contributed by atoms with E-state index in [1.807, 2.05) is 6.92 Å². The quantitative estimate of drug-likeness (QED) is 0.753. The zero-order valence-electron chi connectivity index (χ0n) is 13.3. The fourth-order valence-electron chi connectivity index (χ4n) is 1.93. The third-order valence-corrected chi connectivity index (χ3v) is 3.31. The number of rotatable bonds is 6. The van der Waals surface area contributed by atoms with Crippen LogP contribution in [0, 0.1) is 6.92 Å². The molecule has 0 aliphatic carbocycles. The average Bonchev–Trinajstić information content (AvgIpc) is 2.93. The van der Waals surface area contributed by atoms with E-state index in [0.717, 1.165) is 6.42 Å². The summed E-state index contributed by atoms with van der Waals surface area (Å²) in [5.74, 6) is 1.68. The maximum atomic E-state index is 12.2. The predicted octanol–water partition coefficient (Wildman–Crippen LogP) is 3.44. The zero-order chi connectivity index (χ0) is 16.8. The number of carbonyl (C=O) groups excluding carboxylic acids is 1. The smallest absolute Gasteiger partial charge is 0.319 e. The summed E-state index contributed by atoms with van der Waals surface area (Å²) in [6.45, 7) is 6.12. The summed E-state index contributed by atoms with van der Waals surface area (Å²) >= 11 is 6.13. The van der Waals surface area contributed by atoms with Crippen LogP contribution in [0.15, 0.2) is 18.2 Å². The standard InChI is InChI=1S/C15H20ClN5O2/c1-4-8-23-13-11(16)6-5-7-12(13)19-15(22)17-9(2)14-18-10(3)20-21-14/h5-7,9H,4,8H2,1-3H3,(H2,17,19,22)(H,18,20,21)/t9-/m0/s1. The van der Waals surface area contributed by atoms with Crippen molar-refractivity contribution in [2.45, 2.75) is 33.2 Å². The van der Waals surface area contributed by atoms with Gasteiger partial charge in [-0.15, -0.1) is 0 Å². The number of anilines is 1. The van der Waals surface area contributed by atoms with Crippen molar-refractivity contribution in [2.24, 2.45) is 0 Å². The fourth-order valence-corrected chi connectivity index (χ4v) is 2.16. The number of amides is 2. The number of H-pyrrole nitrogens is 1. The summed E-state index contributed by atoms with van der Waals surface area (Å²) in [6.07, 6.45) is 0.845. The molecule has 1 heterocycles. The molecule has 7 nitrogen and oxygen atoms in total.